The van der Waals surface area contributed by atoms with Gasteiger partial charge in [-0.3, -0.25) is 9.59 Å². The maximum Gasteiger partial charge on any atom is 0.314 e. The van der Waals surface area contributed by atoms with E-state index in [0.29, 0.717) is 18.7 Å². The molecule has 114 valence electrons. The number of amides is 1. The maximum absolute atomic E-state index is 12.8. The molecule has 22 heavy (non-hydrogen) atoms. The summed E-state index contributed by atoms with van der Waals surface area (Å²) >= 11 is 1.54. The fraction of sp³-hybridized carbons (Fsp3) is 0.375. The lowest BCUT2D eigenvalue weighted by atomic mass is 9.81. The fourth-order valence-electron chi connectivity index (χ4n) is 3.51. The number of carbonyl (C=O) groups is 2. The second-order valence-corrected chi connectivity index (χ2v) is 6.92. The molecule has 0 spiro atoms. The summed E-state index contributed by atoms with van der Waals surface area (Å²) < 4.78 is 6.42. The van der Waals surface area contributed by atoms with Crippen molar-refractivity contribution in [2.24, 2.45) is 11.3 Å². The van der Waals surface area contributed by atoms with Crippen LogP contribution in [0.2, 0.25) is 0 Å². The zero-order valence-electron chi connectivity index (χ0n) is 11.8. The van der Waals surface area contributed by atoms with Crippen LogP contribution in [0.15, 0.2) is 29.6 Å². The monoisotopic (exact) mass is 317 g/mol. The number of hydrogen-bond donors (Lipinski definition) is 1. The molecule has 1 aromatic heterocycles. The molecule has 2 aliphatic heterocycles. The van der Waals surface area contributed by atoms with Crippen molar-refractivity contribution in [3.63, 3.8) is 0 Å². The van der Waals surface area contributed by atoms with Crippen LogP contribution in [-0.2, 0) is 9.53 Å². The van der Waals surface area contributed by atoms with Gasteiger partial charge in [0.05, 0.1) is 18.8 Å². The molecule has 1 amide bonds. The third-order valence-electron chi connectivity index (χ3n) is 4.80. The van der Waals surface area contributed by atoms with E-state index in [-0.39, 0.29) is 25.0 Å². The third-order valence-corrected chi connectivity index (χ3v) is 5.76. The van der Waals surface area contributed by atoms with Crippen molar-refractivity contribution >= 4 is 33.3 Å². The number of carboxylic acid groups (broad SMARTS) is 1. The van der Waals surface area contributed by atoms with Gasteiger partial charge in [0.15, 0.2) is 0 Å². The quantitative estimate of drug-likeness (QED) is 0.921. The van der Waals surface area contributed by atoms with E-state index in [9.17, 15) is 14.7 Å². The van der Waals surface area contributed by atoms with Gasteiger partial charge in [-0.05, 0) is 6.07 Å². The Morgan fingerprint density at radius 2 is 2.18 bits per heavy atom. The van der Waals surface area contributed by atoms with E-state index in [1.54, 1.807) is 4.90 Å². The molecule has 0 bridgehead atoms. The van der Waals surface area contributed by atoms with Crippen molar-refractivity contribution < 1.29 is 19.4 Å². The molecule has 4 rings (SSSR count). The van der Waals surface area contributed by atoms with Gasteiger partial charge in [-0.15, -0.1) is 11.3 Å². The summed E-state index contributed by atoms with van der Waals surface area (Å²) in [4.78, 5) is 26.1. The van der Waals surface area contributed by atoms with Crippen LogP contribution in [0.1, 0.15) is 10.4 Å². The first kappa shape index (κ1) is 13.7. The Bertz CT molecular complexity index is 770. The lowest BCUT2D eigenvalue weighted by Crippen LogP contribution is -2.40. The van der Waals surface area contributed by atoms with Gasteiger partial charge in [-0.2, -0.15) is 0 Å². The Labute approximate surface area is 131 Å². The van der Waals surface area contributed by atoms with Gasteiger partial charge < -0.3 is 14.7 Å². The van der Waals surface area contributed by atoms with E-state index in [1.165, 1.54) is 11.3 Å². The number of thiophene rings is 1. The van der Waals surface area contributed by atoms with Gasteiger partial charge in [-0.1, -0.05) is 18.2 Å². The lowest BCUT2D eigenvalue weighted by molar-refractivity contribution is -0.149. The Morgan fingerprint density at radius 1 is 1.36 bits per heavy atom. The van der Waals surface area contributed by atoms with E-state index < -0.39 is 11.4 Å². The SMILES string of the molecule is O=C(c1csc2ccccc12)N1C[C@@H]2COC[C@]2(C(=O)O)C1. The minimum Gasteiger partial charge on any atom is -0.481 e. The molecule has 2 aliphatic rings. The van der Waals surface area contributed by atoms with E-state index in [2.05, 4.69) is 0 Å². The highest BCUT2D eigenvalue weighted by Gasteiger charge is 2.57. The summed E-state index contributed by atoms with van der Waals surface area (Å²) in [6, 6.07) is 7.79. The zero-order chi connectivity index (χ0) is 15.3. The normalized spacial score (nSPS) is 27.3. The standard InChI is InChI=1S/C16H15NO4S/c18-14(12-7-22-13-4-2-1-3-11(12)13)17-5-10-6-21-9-16(10,8-17)15(19)20/h1-4,7,10H,5-6,8-9H2,(H,19,20)/t10-,16-/m1/s1. The Kier molecular flexibility index (Phi) is 2.99. The smallest absolute Gasteiger partial charge is 0.314 e. The van der Waals surface area contributed by atoms with Crippen molar-refractivity contribution in [2.45, 2.75) is 0 Å². The summed E-state index contributed by atoms with van der Waals surface area (Å²) in [5.74, 6) is -1.05. The van der Waals surface area contributed by atoms with Gasteiger partial charge in [-0.25, -0.2) is 0 Å². The number of nitrogens with zero attached hydrogens (tertiary/aromatic N) is 1. The molecular formula is C16H15NO4S. The second-order valence-electron chi connectivity index (χ2n) is 6.00. The highest BCUT2D eigenvalue weighted by atomic mass is 32.1. The first-order valence-corrected chi connectivity index (χ1v) is 8.06. The number of carboxylic acids is 1. The number of aliphatic carboxylic acids is 1. The van der Waals surface area contributed by atoms with E-state index >= 15 is 0 Å². The van der Waals surface area contributed by atoms with Crippen LogP contribution in [0, 0.1) is 11.3 Å². The van der Waals surface area contributed by atoms with Gasteiger partial charge in [0.25, 0.3) is 5.91 Å². The average molecular weight is 317 g/mol. The van der Waals surface area contributed by atoms with Crippen molar-refractivity contribution in [1.29, 1.82) is 0 Å². The number of likely N-dealkylation sites (tertiary alicyclic amines) is 1. The topological polar surface area (TPSA) is 66.8 Å². The van der Waals surface area contributed by atoms with Crippen LogP contribution < -0.4 is 0 Å². The third kappa shape index (κ3) is 1.80. The highest BCUT2D eigenvalue weighted by molar-refractivity contribution is 7.17. The molecule has 0 saturated carbocycles. The van der Waals surface area contributed by atoms with Gasteiger partial charge in [0.2, 0.25) is 0 Å². The Hall–Kier alpha value is -1.92. The molecule has 6 heteroatoms. The number of fused-ring (bicyclic) bond motifs is 2. The zero-order valence-corrected chi connectivity index (χ0v) is 12.6. The van der Waals surface area contributed by atoms with Crippen molar-refractivity contribution in [1.82, 2.24) is 4.90 Å². The van der Waals surface area contributed by atoms with Gasteiger partial charge in [0.1, 0.15) is 5.41 Å². The Balaban J connectivity index is 1.66. The number of carbonyl (C=O) groups excluding carboxylic acids is 1. The molecule has 2 atom stereocenters. The predicted octanol–water partition coefficient (Wildman–Crippen LogP) is 2.07. The molecule has 3 heterocycles. The summed E-state index contributed by atoms with van der Waals surface area (Å²) in [5.41, 5.74) is -0.261. The summed E-state index contributed by atoms with van der Waals surface area (Å²) in [7, 11) is 0. The molecule has 0 aliphatic carbocycles. The summed E-state index contributed by atoms with van der Waals surface area (Å²) in [6.45, 7) is 1.30. The minimum absolute atomic E-state index is 0.0764. The van der Waals surface area contributed by atoms with Crippen LogP contribution in [0.5, 0.6) is 0 Å². The molecule has 2 saturated heterocycles. The maximum atomic E-state index is 12.8. The van der Waals surface area contributed by atoms with Crippen LogP contribution in [0.4, 0.5) is 0 Å². The number of ether oxygens (including phenoxy) is 1. The van der Waals surface area contributed by atoms with Crippen LogP contribution in [0.3, 0.4) is 0 Å². The van der Waals surface area contributed by atoms with E-state index in [1.807, 2.05) is 29.6 Å². The second kappa shape index (κ2) is 4.79. The first-order chi connectivity index (χ1) is 10.6. The van der Waals surface area contributed by atoms with Crippen LogP contribution in [-0.4, -0.2) is 48.2 Å². The first-order valence-electron chi connectivity index (χ1n) is 7.18. The van der Waals surface area contributed by atoms with E-state index in [0.717, 1.165) is 10.1 Å². The number of benzene rings is 1. The van der Waals surface area contributed by atoms with Gasteiger partial charge >= 0.3 is 5.97 Å². The Morgan fingerprint density at radius 3 is 2.95 bits per heavy atom. The predicted molar refractivity (Wildman–Crippen MR) is 82.1 cm³/mol. The molecule has 2 fully saturated rings. The average Bonchev–Trinajstić information content (AvgIpc) is 3.18. The van der Waals surface area contributed by atoms with Crippen LogP contribution in [0.25, 0.3) is 10.1 Å². The number of rotatable bonds is 2. The molecule has 0 radical (unpaired) electrons. The van der Waals surface area contributed by atoms with Crippen LogP contribution >= 0.6 is 11.3 Å². The minimum atomic E-state index is -0.929. The number of hydrogen-bond acceptors (Lipinski definition) is 4. The molecule has 2 aromatic rings. The summed E-state index contributed by atoms with van der Waals surface area (Å²) in [5, 5.41) is 12.4. The van der Waals surface area contributed by atoms with Gasteiger partial charge in [0, 0.05) is 34.5 Å². The lowest BCUT2D eigenvalue weighted by Gasteiger charge is -2.21. The van der Waals surface area contributed by atoms with Crippen molar-refractivity contribution in [2.75, 3.05) is 26.3 Å². The summed E-state index contributed by atoms with van der Waals surface area (Å²) in [6.07, 6.45) is 0. The fourth-order valence-corrected chi connectivity index (χ4v) is 4.44. The van der Waals surface area contributed by atoms with Crippen molar-refractivity contribution in [3.05, 3.63) is 35.2 Å². The molecule has 5 nitrogen and oxygen atoms in total. The molecule has 0 unspecified atom stereocenters. The van der Waals surface area contributed by atoms with E-state index in [4.69, 9.17) is 4.74 Å². The largest absolute Gasteiger partial charge is 0.481 e. The molecule has 1 N–H and O–H groups in total. The highest BCUT2D eigenvalue weighted by Crippen LogP contribution is 2.42. The molecule has 1 aromatic carbocycles. The molecular weight excluding hydrogens is 302 g/mol. The van der Waals surface area contributed by atoms with Crippen molar-refractivity contribution in [3.8, 4) is 0 Å².